The molecule has 0 radical (unpaired) electrons. The van der Waals surface area contributed by atoms with Crippen LogP contribution in [-0.2, 0) is 0 Å². The average molecular weight is 133 g/mol. The Morgan fingerprint density at radius 3 is 2.80 bits per heavy atom. The van der Waals surface area contributed by atoms with Gasteiger partial charge < -0.3 is 0 Å². The van der Waals surface area contributed by atoms with Crippen molar-refractivity contribution in [3.63, 3.8) is 0 Å². The van der Waals surface area contributed by atoms with E-state index < -0.39 is 0 Å². The number of fused-ring (bicyclic) bond motifs is 1. The third-order valence-electron chi connectivity index (χ3n) is 1.40. The first-order valence-corrected chi connectivity index (χ1v) is 3.17. The lowest BCUT2D eigenvalue weighted by Gasteiger charge is -1.99. The summed E-state index contributed by atoms with van der Waals surface area (Å²) in [5.41, 5.74) is 2.80. The Morgan fingerprint density at radius 2 is 2.00 bits per heavy atom. The highest BCUT2D eigenvalue weighted by Crippen LogP contribution is 1.73. The van der Waals surface area contributed by atoms with E-state index in [1.807, 2.05) is 24.3 Å². The number of nitrogens with one attached hydrogen (secondary N) is 1. The molecule has 0 amide bonds. The molecule has 0 atom stereocenters. The van der Waals surface area contributed by atoms with E-state index in [2.05, 4.69) is 15.5 Å². The molecule has 3 heteroatoms. The van der Waals surface area contributed by atoms with Crippen LogP contribution < -0.4 is 16.1 Å². The first-order valence-electron chi connectivity index (χ1n) is 3.17. The minimum atomic E-state index is 0.594. The molecule has 0 saturated carbocycles. The van der Waals surface area contributed by atoms with E-state index in [9.17, 15) is 0 Å². The van der Waals surface area contributed by atoms with E-state index in [0.29, 0.717) is 6.67 Å². The van der Waals surface area contributed by atoms with Crippen LogP contribution in [0.3, 0.4) is 0 Å². The van der Waals surface area contributed by atoms with Crippen molar-refractivity contribution in [2.24, 2.45) is 10.1 Å². The molecule has 0 fully saturated rings. The molecule has 1 heterocycles. The summed E-state index contributed by atoms with van der Waals surface area (Å²) < 4.78 is 0. The van der Waals surface area contributed by atoms with Crippen molar-refractivity contribution in [1.29, 1.82) is 0 Å². The molecule has 0 spiro atoms. The van der Waals surface area contributed by atoms with Gasteiger partial charge in [-0.05, 0) is 12.1 Å². The highest BCUT2D eigenvalue weighted by Gasteiger charge is 1.89. The van der Waals surface area contributed by atoms with Gasteiger partial charge in [-0.2, -0.15) is 5.10 Å². The third-order valence-corrected chi connectivity index (χ3v) is 1.40. The molecule has 0 bridgehead atoms. The average Bonchev–Trinajstić information content (AvgIpc) is 2.05. The molecule has 0 aromatic heterocycles. The van der Waals surface area contributed by atoms with Crippen LogP contribution in [0.15, 0.2) is 34.4 Å². The Labute approximate surface area is 58.1 Å². The van der Waals surface area contributed by atoms with Crippen LogP contribution in [0.25, 0.3) is 0 Å². The predicted molar refractivity (Wildman–Crippen MR) is 36.8 cm³/mol. The van der Waals surface area contributed by atoms with Crippen molar-refractivity contribution >= 4 is 0 Å². The molecular formula is C7H7N3. The normalized spacial score (nSPS) is 14.0. The van der Waals surface area contributed by atoms with E-state index in [1.165, 1.54) is 0 Å². The van der Waals surface area contributed by atoms with Gasteiger partial charge in [0, 0.05) is 0 Å². The number of para-hydroxylation sites is 2. The smallest absolute Gasteiger partial charge is 0.124 e. The first kappa shape index (κ1) is 5.41. The van der Waals surface area contributed by atoms with Gasteiger partial charge in [0.05, 0.1) is 5.36 Å². The van der Waals surface area contributed by atoms with Crippen molar-refractivity contribution < 1.29 is 0 Å². The summed E-state index contributed by atoms with van der Waals surface area (Å²) in [7, 11) is 0. The van der Waals surface area contributed by atoms with Crippen molar-refractivity contribution in [2.75, 3.05) is 6.67 Å². The molecule has 1 aliphatic heterocycles. The second-order valence-corrected chi connectivity index (χ2v) is 2.07. The van der Waals surface area contributed by atoms with Gasteiger partial charge in [-0.3, -0.25) is 10.4 Å². The lowest BCUT2D eigenvalue weighted by atomic mass is 10.3. The van der Waals surface area contributed by atoms with E-state index in [0.717, 1.165) is 10.7 Å². The van der Waals surface area contributed by atoms with Crippen molar-refractivity contribution in [3.05, 3.63) is 35.0 Å². The van der Waals surface area contributed by atoms with Crippen LogP contribution in [0.2, 0.25) is 0 Å². The van der Waals surface area contributed by atoms with Gasteiger partial charge in [0.2, 0.25) is 0 Å². The van der Waals surface area contributed by atoms with Gasteiger partial charge in [-0.1, -0.05) is 12.1 Å². The summed E-state index contributed by atoms with van der Waals surface area (Å²) in [6, 6.07) is 7.80. The van der Waals surface area contributed by atoms with Crippen LogP contribution in [0.4, 0.5) is 0 Å². The van der Waals surface area contributed by atoms with Crippen molar-refractivity contribution in [3.8, 4) is 0 Å². The SMILES string of the molecule is c1ccc2c(c1)=NCNN=2. The third kappa shape index (κ3) is 0.757. The summed E-state index contributed by atoms with van der Waals surface area (Å²) in [5.74, 6) is 0. The zero-order chi connectivity index (χ0) is 6.81. The minimum Gasteiger partial charge on any atom is -0.288 e. The molecule has 3 nitrogen and oxygen atoms in total. The van der Waals surface area contributed by atoms with Gasteiger partial charge in [0.25, 0.3) is 0 Å². The molecule has 1 aliphatic rings. The zero-order valence-corrected chi connectivity index (χ0v) is 5.41. The van der Waals surface area contributed by atoms with Crippen LogP contribution >= 0.6 is 0 Å². The lowest BCUT2D eigenvalue weighted by molar-refractivity contribution is 0.691. The standard InChI is InChI=1S/C7H7N3/c1-2-4-7-6(3-1)8-5-9-10-7/h1-4,9H,5H2. The van der Waals surface area contributed by atoms with E-state index in [4.69, 9.17) is 0 Å². The fourth-order valence-electron chi connectivity index (χ4n) is 0.933. The highest BCUT2D eigenvalue weighted by atomic mass is 15.3. The number of benzene rings is 1. The van der Waals surface area contributed by atoms with Crippen LogP contribution in [0, 0.1) is 0 Å². The molecular weight excluding hydrogens is 126 g/mol. The van der Waals surface area contributed by atoms with E-state index in [-0.39, 0.29) is 0 Å². The largest absolute Gasteiger partial charge is 0.288 e. The summed E-state index contributed by atoms with van der Waals surface area (Å²) >= 11 is 0. The van der Waals surface area contributed by atoms with Gasteiger partial charge in [0.15, 0.2) is 0 Å². The minimum absolute atomic E-state index is 0.594. The second kappa shape index (κ2) is 2.10. The monoisotopic (exact) mass is 133 g/mol. The summed E-state index contributed by atoms with van der Waals surface area (Å²) in [5, 5.41) is 5.95. The van der Waals surface area contributed by atoms with Gasteiger partial charge in [0.1, 0.15) is 12.0 Å². The molecule has 0 saturated heterocycles. The maximum Gasteiger partial charge on any atom is 0.124 e. The number of hydrogen-bond acceptors (Lipinski definition) is 3. The number of nitrogens with zero attached hydrogens (tertiary/aromatic N) is 2. The van der Waals surface area contributed by atoms with Crippen LogP contribution in [0.1, 0.15) is 0 Å². The maximum absolute atomic E-state index is 4.19. The molecule has 0 aliphatic carbocycles. The van der Waals surface area contributed by atoms with Crippen LogP contribution in [0.5, 0.6) is 0 Å². The second-order valence-electron chi connectivity index (χ2n) is 2.07. The van der Waals surface area contributed by atoms with E-state index in [1.54, 1.807) is 0 Å². The maximum atomic E-state index is 4.19. The van der Waals surface area contributed by atoms with E-state index >= 15 is 0 Å². The number of rotatable bonds is 0. The Hall–Kier alpha value is -1.38. The molecule has 2 rings (SSSR count). The topological polar surface area (TPSA) is 36.8 Å². The molecule has 50 valence electrons. The van der Waals surface area contributed by atoms with Crippen LogP contribution in [-0.4, -0.2) is 6.67 Å². The lowest BCUT2D eigenvalue weighted by Crippen LogP contribution is -2.33. The number of hydrogen-bond donors (Lipinski definition) is 1. The quantitative estimate of drug-likeness (QED) is 0.504. The summed E-state index contributed by atoms with van der Waals surface area (Å²) in [6.45, 7) is 0.594. The first-order chi connectivity index (χ1) is 4.97. The Bertz CT molecular complexity index is 307. The molecule has 10 heavy (non-hydrogen) atoms. The predicted octanol–water partition coefficient (Wildman–Crippen LogP) is -0.599. The van der Waals surface area contributed by atoms with Crippen molar-refractivity contribution in [1.82, 2.24) is 5.43 Å². The van der Waals surface area contributed by atoms with Gasteiger partial charge in [-0.25, -0.2) is 0 Å². The zero-order valence-electron chi connectivity index (χ0n) is 5.41. The van der Waals surface area contributed by atoms with Gasteiger partial charge in [-0.15, -0.1) is 0 Å². The fourth-order valence-corrected chi connectivity index (χ4v) is 0.933. The Morgan fingerprint density at radius 1 is 1.20 bits per heavy atom. The summed E-state index contributed by atoms with van der Waals surface area (Å²) in [6.07, 6.45) is 0. The Balaban J connectivity index is 2.84. The highest BCUT2D eigenvalue weighted by molar-refractivity contribution is 5.00. The summed E-state index contributed by atoms with van der Waals surface area (Å²) in [4.78, 5) is 4.19. The Kier molecular flexibility index (Phi) is 1.13. The molecule has 1 aromatic rings. The van der Waals surface area contributed by atoms with Crippen molar-refractivity contribution in [2.45, 2.75) is 0 Å². The fraction of sp³-hybridized carbons (Fsp3) is 0.143. The van der Waals surface area contributed by atoms with Gasteiger partial charge >= 0.3 is 0 Å². The molecule has 1 N–H and O–H groups in total. The molecule has 1 aromatic carbocycles. The molecule has 0 unspecified atom stereocenters.